The van der Waals surface area contributed by atoms with Crippen LogP contribution in [-0.4, -0.2) is 44.3 Å². The van der Waals surface area contributed by atoms with Gasteiger partial charge in [0, 0.05) is 19.5 Å². The maximum atomic E-state index is 11.9. The SMILES string of the molecule is CCCN(CCCC(F)(F)F)CCNC. The number of likely N-dealkylation sites (N-methyl/N-ethyl adjacent to an activating group) is 1. The zero-order valence-corrected chi connectivity index (χ0v) is 9.53. The van der Waals surface area contributed by atoms with Gasteiger partial charge in [-0.05, 0) is 33.0 Å². The minimum absolute atomic E-state index is 0.202. The minimum Gasteiger partial charge on any atom is -0.318 e. The molecule has 0 saturated heterocycles. The van der Waals surface area contributed by atoms with Crippen molar-refractivity contribution >= 4 is 0 Å². The molecule has 0 aliphatic carbocycles. The Morgan fingerprint density at radius 3 is 2.27 bits per heavy atom. The highest BCUT2D eigenvalue weighted by atomic mass is 19.4. The lowest BCUT2D eigenvalue weighted by atomic mass is 10.2. The third-order valence-electron chi connectivity index (χ3n) is 2.15. The molecule has 0 spiro atoms. The molecule has 15 heavy (non-hydrogen) atoms. The van der Waals surface area contributed by atoms with Crippen LogP contribution in [-0.2, 0) is 0 Å². The molecule has 0 unspecified atom stereocenters. The lowest BCUT2D eigenvalue weighted by Gasteiger charge is -2.21. The summed E-state index contributed by atoms with van der Waals surface area (Å²) in [6.07, 6.45) is -3.50. The van der Waals surface area contributed by atoms with Crippen molar-refractivity contribution in [3.63, 3.8) is 0 Å². The Morgan fingerprint density at radius 1 is 1.13 bits per heavy atom. The number of halogens is 3. The molecule has 0 fully saturated rings. The van der Waals surface area contributed by atoms with Crippen molar-refractivity contribution in [1.82, 2.24) is 10.2 Å². The van der Waals surface area contributed by atoms with E-state index in [9.17, 15) is 13.2 Å². The molecule has 0 amide bonds. The summed E-state index contributed by atoms with van der Waals surface area (Å²) < 4.78 is 35.7. The van der Waals surface area contributed by atoms with E-state index in [2.05, 4.69) is 10.2 Å². The first-order valence-corrected chi connectivity index (χ1v) is 5.43. The van der Waals surface area contributed by atoms with E-state index < -0.39 is 12.6 Å². The Bertz CT molecular complexity index is 148. The predicted octanol–water partition coefficient (Wildman–Crippen LogP) is 2.26. The highest BCUT2D eigenvalue weighted by Gasteiger charge is 2.26. The maximum absolute atomic E-state index is 11.9. The van der Waals surface area contributed by atoms with Crippen LogP contribution in [0.4, 0.5) is 13.2 Å². The highest BCUT2D eigenvalue weighted by molar-refractivity contribution is 4.60. The Kier molecular flexibility index (Phi) is 7.78. The zero-order chi connectivity index (χ0) is 11.7. The molecule has 0 aliphatic rings. The van der Waals surface area contributed by atoms with Gasteiger partial charge in [-0.2, -0.15) is 13.2 Å². The fourth-order valence-corrected chi connectivity index (χ4v) is 1.42. The molecule has 0 aromatic heterocycles. The van der Waals surface area contributed by atoms with Gasteiger partial charge < -0.3 is 10.2 Å². The Balaban J connectivity index is 3.65. The van der Waals surface area contributed by atoms with E-state index in [0.717, 1.165) is 26.1 Å². The third-order valence-corrected chi connectivity index (χ3v) is 2.15. The second kappa shape index (κ2) is 7.93. The topological polar surface area (TPSA) is 15.3 Å². The Morgan fingerprint density at radius 2 is 1.80 bits per heavy atom. The number of nitrogens with zero attached hydrogens (tertiary/aromatic N) is 1. The van der Waals surface area contributed by atoms with E-state index >= 15 is 0 Å². The van der Waals surface area contributed by atoms with E-state index in [1.807, 2.05) is 14.0 Å². The molecule has 0 heterocycles. The second-order valence-electron chi connectivity index (χ2n) is 3.66. The number of nitrogens with one attached hydrogen (secondary N) is 1. The van der Waals surface area contributed by atoms with Gasteiger partial charge in [-0.15, -0.1) is 0 Å². The van der Waals surface area contributed by atoms with E-state index in [1.54, 1.807) is 0 Å². The molecule has 0 aromatic rings. The van der Waals surface area contributed by atoms with Crippen LogP contribution < -0.4 is 5.32 Å². The molecule has 0 saturated carbocycles. The van der Waals surface area contributed by atoms with Crippen molar-refractivity contribution in [2.45, 2.75) is 32.4 Å². The summed E-state index contributed by atoms with van der Waals surface area (Å²) in [6, 6.07) is 0. The molecular formula is C10H21F3N2. The highest BCUT2D eigenvalue weighted by Crippen LogP contribution is 2.21. The van der Waals surface area contributed by atoms with Crippen LogP contribution in [0.3, 0.4) is 0 Å². The molecule has 0 radical (unpaired) electrons. The lowest BCUT2D eigenvalue weighted by molar-refractivity contribution is -0.136. The monoisotopic (exact) mass is 226 g/mol. The number of hydrogen-bond acceptors (Lipinski definition) is 2. The Labute approximate surface area is 89.8 Å². The van der Waals surface area contributed by atoms with Gasteiger partial charge in [0.15, 0.2) is 0 Å². The molecular weight excluding hydrogens is 205 g/mol. The second-order valence-corrected chi connectivity index (χ2v) is 3.66. The van der Waals surface area contributed by atoms with Gasteiger partial charge in [0.1, 0.15) is 0 Å². The average Bonchev–Trinajstić information content (AvgIpc) is 2.12. The standard InChI is InChI=1S/C10H21F3N2/c1-3-7-15(9-6-14-2)8-4-5-10(11,12)13/h14H,3-9H2,1-2H3. The van der Waals surface area contributed by atoms with Gasteiger partial charge in [0.2, 0.25) is 0 Å². The lowest BCUT2D eigenvalue weighted by Crippen LogP contribution is -2.32. The van der Waals surface area contributed by atoms with Crippen molar-refractivity contribution in [2.75, 3.05) is 33.2 Å². The van der Waals surface area contributed by atoms with Gasteiger partial charge in [-0.1, -0.05) is 6.92 Å². The van der Waals surface area contributed by atoms with Crippen molar-refractivity contribution in [1.29, 1.82) is 0 Å². The summed E-state index contributed by atoms with van der Waals surface area (Å²) in [7, 11) is 1.85. The number of alkyl halides is 3. The van der Waals surface area contributed by atoms with Crippen molar-refractivity contribution in [3.05, 3.63) is 0 Å². The quantitative estimate of drug-likeness (QED) is 0.683. The molecule has 0 rings (SSSR count). The molecule has 5 heteroatoms. The fourth-order valence-electron chi connectivity index (χ4n) is 1.42. The van der Waals surface area contributed by atoms with Crippen LogP contribution in [0, 0.1) is 0 Å². The molecule has 92 valence electrons. The van der Waals surface area contributed by atoms with Crippen LogP contribution in [0.5, 0.6) is 0 Å². The van der Waals surface area contributed by atoms with Gasteiger partial charge in [0.05, 0.1) is 0 Å². The summed E-state index contributed by atoms with van der Waals surface area (Å²) in [4.78, 5) is 2.07. The number of hydrogen-bond donors (Lipinski definition) is 1. The summed E-state index contributed by atoms with van der Waals surface area (Å²) in [5.74, 6) is 0. The fraction of sp³-hybridized carbons (Fsp3) is 1.00. The third kappa shape index (κ3) is 10.0. The van der Waals surface area contributed by atoms with Gasteiger partial charge in [-0.25, -0.2) is 0 Å². The minimum atomic E-state index is -4.01. The normalized spacial score (nSPS) is 12.4. The smallest absolute Gasteiger partial charge is 0.318 e. The van der Waals surface area contributed by atoms with E-state index in [0.29, 0.717) is 6.54 Å². The van der Waals surface area contributed by atoms with Crippen LogP contribution in [0.2, 0.25) is 0 Å². The molecule has 0 aromatic carbocycles. The van der Waals surface area contributed by atoms with Crippen LogP contribution in [0.25, 0.3) is 0 Å². The largest absolute Gasteiger partial charge is 0.389 e. The number of rotatable bonds is 8. The van der Waals surface area contributed by atoms with E-state index in [1.165, 1.54) is 0 Å². The summed E-state index contributed by atoms with van der Waals surface area (Å²) in [6.45, 7) is 5.10. The Hall–Kier alpha value is -0.290. The maximum Gasteiger partial charge on any atom is 0.389 e. The van der Waals surface area contributed by atoms with Gasteiger partial charge >= 0.3 is 6.18 Å². The summed E-state index contributed by atoms with van der Waals surface area (Å²) >= 11 is 0. The summed E-state index contributed by atoms with van der Waals surface area (Å²) in [5.41, 5.74) is 0. The van der Waals surface area contributed by atoms with Crippen LogP contribution in [0.15, 0.2) is 0 Å². The van der Waals surface area contributed by atoms with E-state index in [-0.39, 0.29) is 6.42 Å². The molecule has 1 N–H and O–H groups in total. The first-order chi connectivity index (χ1) is 6.99. The van der Waals surface area contributed by atoms with Gasteiger partial charge in [-0.3, -0.25) is 0 Å². The summed E-state index contributed by atoms with van der Waals surface area (Å²) in [5, 5.41) is 3.00. The van der Waals surface area contributed by atoms with Crippen LogP contribution in [0.1, 0.15) is 26.2 Å². The molecule has 0 bridgehead atoms. The molecule has 0 aliphatic heterocycles. The van der Waals surface area contributed by atoms with Crippen LogP contribution >= 0.6 is 0 Å². The first kappa shape index (κ1) is 14.7. The predicted molar refractivity (Wildman–Crippen MR) is 55.9 cm³/mol. The van der Waals surface area contributed by atoms with Crippen molar-refractivity contribution in [3.8, 4) is 0 Å². The van der Waals surface area contributed by atoms with Gasteiger partial charge in [0.25, 0.3) is 0 Å². The molecule has 0 atom stereocenters. The zero-order valence-electron chi connectivity index (χ0n) is 9.53. The first-order valence-electron chi connectivity index (χ1n) is 5.43. The van der Waals surface area contributed by atoms with Crippen molar-refractivity contribution in [2.24, 2.45) is 0 Å². The van der Waals surface area contributed by atoms with E-state index in [4.69, 9.17) is 0 Å². The molecule has 2 nitrogen and oxygen atoms in total. The average molecular weight is 226 g/mol. The van der Waals surface area contributed by atoms with Crippen molar-refractivity contribution < 1.29 is 13.2 Å².